The van der Waals surface area contributed by atoms with E-state index in [4.69, 9.17) is 10.5 Å². The first-order valence-electron chi connectivity index (χ1n) is 11.2. The van der Waals surface area contributed by atoms with Crippen molar-refractivity contribution in [1.82, 2.24) is 14.9 Å². The summed E-state index contributed by atoms with van der Waals surface area (Å²) in [6.07, 6.45) is 2.60. The fourth-order valence-corrected chi connectivity index (χ4v) is 4.08. The van der Waals surface area contributed by atoms with Crippen LogP contribution in [-0.2, 0) is 0 Å². The quantitative estimate of drug-likeness (QED) is 0.590. The van der Waals surface area contributed by atoms with Crippen molar-refractivity contribution in [2.45, 2.75) is 31.6 Å². The summed E-state index contributed by atoms with van der Waals surface area (Å²) < 4.78 is 47.5. The maximum absolute atomic E-state index is 14.4. The van der Waals surface area contributed by atoms with Crippen molar-refractivity contribution in [1.29, 1.82) is 0 Å². The summed E-state index contributed by atoms with van der Waals surface area (Å²) in [7, 11) is 1.49. The zero-order chi connectivity index (χ0) is 26.0. The number of pyridine rings is 1. The molecular formula is C24H25F3N6O3. The third kappa shape index (κ3) is 5.03. The zero-order valence-electron chi connectivity index (χ0n) is 19.6. The number of carbonyl (C=O) groups is 1. The van der Waals surface area contributed by atoms with E-state index < -0.39 is 41.7 Å². The number of aliphatic imine (C=N–C) groups is 1. The number of halogens is 3. The third-order valence-corrected chi connectivity index (χ3v) is 5.90. The number of carbonyl (C=O) groups excluding carboxylic acids is 1. The van der Waals surface area contributed by atoms with E-state index in [-0.39, 0.29) is 30.2 Å². The highest BCUT2D eigenvalue weighted by molar-refractivity contribution is 6.12. The fourth-order valence-electron chi connectivity index (χ4n) is 4.08. The Hall–Kier alpha value is -3.93. The predicted octanol–water partition coefficient (Wildman–Crippen LogP) is 2.76. The second-order valence-corrected chi connectivity index (χ2v) is 8.39. The lowest BCUT2D eigenvalue weighted by Crippen LogP contribution is -2.58. The first kappa shape index (κ1) is 25.2. The summed E-state index contributed by atoms with van der Waals surface area (Å²) in [5, 5.41) is 15.2. The van der Waals surface area contributed by atoms with Crippen LogP contribution in [0.5, 0.6) is 5.75 Å². The van der Waals surface area contributed by atoms with E-state index in [2.05, 4.69) is 15.1 Å². The van der Waals surface area contributed by atoms with Gasteiger partial charge in [-0.2, -0.15) is 5.10 Å². The Morgan fingerprint density at radius 3 is 2.56 bits per heavy atom. The molecule has 0 spiro atoms. The van der Waals surface area contributed by atoms with E-state index in [1.807, 2.05) is 0 Å². The number of nitrogens with zero attached hydrogens (tertiary/aromatic N) is 5. The number of aromatic nitrogens is 1. The summed E-state index contributed by atoms with van der Waals surface area (Å²) in [6, 6.07) is 3.38. The molecule has 2 aliphatic heterocycles. The van der Waals surface area contributed by atoms with Crippen LogP contribution in [0.2, 0.25) is 0 Å². The number of amides is 2. The maximum atomic E-state index is 14.4. The molecule has 2 aromatic rings. The Balaban J connectivity index is 1.42. The minimum atomic E-state index is -0.919. The van der Waals surface area contributed by atoms with E-state index >= 15 is 0 Å². The van der Waals surface area contributed by atoms with Gasteiger partial charge >= 0.3 is 6.03 Å². The van der Waals surface area contributed by atoms with Gasteiger partial charge in [0, 0.05) is 43.6 Å². The van der Waals surface area contributed by atoms with Crippen LogP contribution in [0.4, 0.5) is 18.0 Å². The highest BCUT2D eigenvalue weighted by atomic mass is 19.1. The molecule has 36 heavy (non-hydrogen) atoms. The summed E-state index contributed by atoms with van der Waals surface area (Å²) in [4.78, 5) is 22.5. The number of hydrogen-bond donors (Lipinski definition) is 2. The fraction of sp³-hybridized carbons (Fsp3) is 0.333. The van der Waals surface area contributed by atoms with Gasteiger partial charge in [-0.3, -0.25) is 9.98 Å². The average Bonchev–Trinajstić information content (AvgIpc) is 3.29. The maximum Gasteiger partial charge on any atom is 0.341 e. The molecule has 2 unspecified atom stereocenters. The van der Waals surface area contributed by atoms with Crippen molar-refractivity contribution in [3.63, 3.8) is 0 Å². The van der Waals surface area contributed by atoms with Gasteiger partial charge < -0.3 is 20.5 Å². The smallest absolute Gasteiger partial charge is 0.341 e. The van der Waals surface area contributed by atoms with Gasteiger partial charge in [0.15, 0.2) is 11.6 Å². The van der Waals surface area contributed by atoms with Gasteiger partial charge in [-0.05, 0) is 24.6 Å². The Morgan fingerprint density at radius 2 is 1.94 bits per heavy atom. The number of aliphatic hydroxyl groups excluding tert-OH is 1. The molecule has 0 radical (unpaired) electrons. The average molecular weight is 502 g/mol. The van der Waals surface area contributed by atoms with Crippen LogP contribution in [0.3, 0.4) is 0 Å². The number of rotatable bonds is 6. The Morgan fingerprint density at radius 1 is 1.25 bits per heavy atom. The third-order valence-electron chi connectivity index (χ3n) is 5.90. The summed E-state index contributed by atoms with van der Waals surface area (Å²) in [6.45, 7) is 1.83. The largest absolute Gasteiger partial charge is 0.483 e. The molecule has 1 aromatic carbocycles. The molecule has 1 saturated heterocycles. The number of likely N-dealkylation sites (tertiary alicyclic amines) is 1. The van der Waals surface area contributed by atoms with Gasteiger partial charge in [-0.15, -0.1) is 0 Å². The number of aliphatic hydroxyl groups is 1. The van der Waals surface area contributed by atoms with Crippen LogP contribution in [0, 0.1) is 17.5 Å². The molecule has 3 N–H and O–H groups in total. The second-order valence-electron chi connectivity index (χ2n) is 8.39. The van der Waals surface area contributed by atoms with E-state index in [1.165, 1.54) is 54.5 Å². The number of hydrogen-bond acceptors (Lipinski definition) is 7. The van der Waals surface area contributed by atoms with Crippen LogP contribution in [-0.4, -0.2) is 70.3 Å². The second kappa shape index (κ2) is 10.4. The number of benzene rings is 1. The van der Waals surface area contributed by atoms with Crippen molar-refractivity contribution < 1.29 is 27.8 Å². The lowest BCUT2D eigenvalue weighted by Gasteiger charge is -2.41. The number of nitrogens with two attached hydrogens (primary N) is 1. The van der Waals surface area contributed by atoms with Crippen molar-refractivity contribution in [3.8, 4) is 5.75 Å². The molecular weight excluding hydrogens is 477 g/mol. The molecule has 2 atom stereocenters. The molecule has 0 bridgehead atoms. The summed E-state index contributed by atoms with van der Waals surface area (Å²) in [5.74, 6) is -2.27. The van der Waals surface area contributed by atoms with E-state index in [0.717, 1.165) is 12.3 Å². The minimum Gasteiger partial charge on any atom is -0.483 e. The van der Waals surface area contributed by atoms with Gasteiger partial charge in [0.2, 0.25) is 0 Å². The van der Waals surface area contributed by atoms with E-state index in [0.29, 0.717) is 17.6 Å². The number of urea groups is 1. The molecule has 3 heterocycles. The zero-order valence-corrected chi connectivity index (χ0v) is 19.6. The van der Waals surface area contributed by atoms with Gasteiger partial charge in [0.05, 0.1) is 42.8 Å². The first-order chi connectivity index (χ1) is 17.2. The summed E-state index contributed by atoms with van der Waals surface area (Å²) in [5.41, 5.74) is 6.77. The topological polar surface area (TPSA) is 117 Å². The highest BCUT2D eigenvalue weighted by Gasteiger charge is 2.39. The molecule has 1 fully saturated rings. The first-order valence-corrected chi connectivity index (χ1v) is 11.2. The van der Waals surface area contributed by atoms with Crippen molar-refractivity contribution in [2.24, 2.45) is 15.8 Å². The molecule has 0 aliphatic carbocycles. The molecule has 2 amide bonds. The van der Waals surface area contributed by atoms with Gasteiger partial charge in [0.25, 0.3) is 0 Å². The molecule has 1 aromatic heterocycles. The van der Waals surface area contributed by atoms with Gasteiger partial charge in [0.1, 0.15) is 17.7 Å². The van der Waals surface area contributed by atoms with Crippen LogP contribution < -0.4 is 10.5 Å². The number of hydrazone groups is 1. The molecule has 12 heteroatoms. The van der Waals surface area contributed by atoms with E-state index in [1.54, 1.807) is 0 Å². The Kier molecular flexibility index (Phi) is 7.25. The SMILES string of the molecule is CN=C(C(=CN)C(C)O)c1cc(OC2CN(C(=O)N3N=CCC3c3cc(F)cc(F)c3)C2)c(F)cn1. The standard InChI is InChI=1S/C24H25F3N6O3/c1-13(34)18(9-28)23(29-2)20-8-22(19(27)10-30-20)36-17-11-32(12-17)24(35)33-21(3-4-31-33)14-5-15(25)7-16(26)6-14/h4-10,13,17,21,34H,3,11-12,28H2,1-2H3. The molecule has 9 nitrogen and oxygen atoms in total. The van der Waals surface area contributed by atoms with Crippen molar-refractivity contribution in [2.75, 3.05) is 20.1 Å². The lowest BCUT2D eigenvalue weighted by atomic mass is 10.0. The van der Waals surface area contributed by atoms with Crippen LogP contribution in [0.15, 0.2) is 52.3 Å². The lowest BCUT2D eigenvalue weighted by molar-refractivity contribution is 0.0256. The number of ether oxygens (including phenoxy) is 1. The molecule has 2 aliphatic rings. The van der Waals surface area contributed by atoms with Crippen LogP contribution >= 0.6 is 0 Å². The summed E-state index contributed by atoms with van der Waals surface area (Å²) >= 11 is 0. The monoisotopic (exact) mass is 502 g/mol. The van der Waals surface area contributed by atoms with Crippen LogP contribution in [0.25, 0.3) is 0 Å². The molecule has 0 saturated carbocycles. The van der Waals surface area contributed by atoms with Crippen LogP contribution in [0.1, 0.15) is 30.6 Å². The van der Waals surface area contributed by atoms with Crippen molar-refractivity contribution in [3.05, 3.63) is 70.9 Å². The molecule has 4 rings (SSSR count). The molecule has 190 valence electrons. The minimum absolute atomic E-state index is 0.0903. The Labute approximate surface area is 205 Å². The highest BCUT2D eigenvalue weighted by Crippen LogP contribution is 2.32. The van der Waals surface area contributed by atoms with Crippen molar-refractivity contribution >= 4 is 18.0 Å². The van der Waals surface area contributed by atoms with Gasteiger partial charge in [-0.25, -0.2) is 23.0 Å². The van der Waals surface area contributed by atoms with Gasteiger partial charge in [-0.1, -0.05) is 0 Å². The Bertz CT molecular complexity index is 1220. The normalized spacial score (nSPS) is 19.4. The van der Waals surface area contributed by atoms with E-state index in [9.17, 15) is 23.1 Å². The predicted molar refractivity (Wildman–Crippen MR) is 126 cm³/mol.